The van der Waals surface area contributed by atoms with Crippen LogP contribution in [0.15, 0.2) is 18.2 Å². The third-order valence-corrected chi connectivity index (χ3v) is 5.03. The maximum atomic E-state index is 6.16. The number of nitrogens with zero attached hydrogens (tertiary/aromatic N) is 1. The van der Waals surface area contributed by atoms with E-state index in [2.05, 4.69) is 17.2 Å². The molecule has 0 bridgehead atoms. The van der Waals surface area contributed by atoms with E-state index in [1.54, 1.807) is 11.3 Å². The Kier molecular flexibility index (Phi) is 2.62. The van der Waals surface area contributed by atoms with Crippen LogP contribution < -0.4 is 5.32 Å². The molecule has 1 aliphatic heterocycles. The quantitative estimate of drug-likeness (QED) is 0.887. The molecule has 2 nitrogen and oxygen atoms in total. The van der Waals surface area contributed by atoms with Crippen LogP contribution in [0.5, 0.6) is 0 Å². The van der Waals surface area contributed by atoms with Crippen LogP contribution in [0.25, 0.3) is 10.2 Å². The van der Waals surface area contributed by atoms with E-state index in [9.17, 15) is 0 Å². The molecule has 2 heterocycles. The number of benzene rings is 1. The molecule has 1 aromatic carbocycles. The number of hydrogen-bond donors (Lipinski definition) is 1. The Bertz CT molecular complexity index is 519. The largest absolute Gasteiger partial charge is 0.316 e. The van der Waals surface area contributed by atoms with Gasteiger partial charge < -0.3 is 5.32 Å². The molecular weight excluding hydrogens is 240 g/mol. The second kappa shape index (κ2) is 3.99. The van der Waals surface area contributed by atoms with E-state index in [1.165, 1.54) is 5.01 Å². The summed E-state index contributed by atoms with van der Waals surface area (Å²) in [4.78, 5) is 4.68. The average Bonchev–Trinajstić information content (AvgIpc) is 2.60. The molecule has 1 fully saturated rings. The second-order valence-corrected chi connectivity index (χ2v) is 5.79. The van der Waals surface area contributed by atoms with Crippen molar-refractivity contribution >= 4 is 33.2 Å². The van der Waals surface area contributed by atoms with Gasteiger partial charge in [-0.1, -0.05) is 24.6 Å². The topological polar surface area (TPSA) is 24.9 Å². The second-order valence-electron chi connectivity index (χ2n) is 4.35. The van der Waals surface area contributed by atoms with Gasteiger partial charge in [0.05, 0.1) is 20.2 Å². The zero-order valence-corrected chi connectivity index (χ0v) is 10.6. The molecule has 1 atom stereocenters. The van der Waals surface area contributed by atoms with Crippen molar-refractivity contribution in [3.63, 3.8) is 0 Å². The summed E-state index contributed by atoms with van der Waals surface area (Å²) in [5.74, 6) is 1.27. The number of hydrogen-bond acceptors (Lipinski definition) is 3. The van der Waals surface area contributed by atoms with Gasteiger partial charge in [0.1, 0.15) is 0 Å². The van der Waals surface area contributed by atoms with E-state index in [-0.39, 0.29) is 0 Å². The van der Waals surface area contributed by atoms with Crippen LogP contribution in [0.3, 0.4) is 0 Å². The van der Waals surface area contributed by atoms with Crippen molar-refractivity contribution in [2.75, 3.05) is 13.1 Å². The fraction of sp³-hybridized carbons (Fsp3) is 0.417. The Balaban J connectivity index is 2.01. The van der Waals surface area contributed by atoms with Gasteiger partial charge in [-0.3, -0.25) is 0 Å². The molecule has 0 radical (unpaired) electrons. The zero-order valence-electron chi connectivity index (χ0n) is 9.03. The van der Waals surface area contributed by atoms with Crippen molar-refractivity contribution in [3.8, 4) is 0 Å². The van der Waals surface area contributed by atoms with E-state index >= 15 is 0 Å². The summed E-state index contributed by atoms with van der Waals surface area (Å²) in [5.41, 5.74) is 1.03. The number of aromatic nitrogens is 1. The third-order valence-electron chi connectivity index (χ3n) is 3.29. The molecule has 4 heteroatoms. The van der Waals surface area contributed by atoms with Gasteiger partial charge in [-0.25, -0.2) is 4.98 Å². The molecule has 0 spiro atoms. The molecule has 1 unspecified atom stereocenters. The fourth-order valence-electron chi connectivity index (χ4n) is 1.99. The summed E-state index contributed by atoms with van der Waals surface area (Å²) in [7, 11) is 0. The van der Waals surface area contributed by atoms with Gasteiger partial charge in [-0.05, 0) is 31.1 Å². The van der Waals surface area contributed by atoms with Crippen molar-refractivity contribution in [2.45, 2.75) is 12.8 Å². The van der Waals surface area contributed by atoms with Crippen LogP contribution in [0.2, 0.25) is 5.02 Å². The van der Waals surface area contributed by atoms with Gasteiger partial charge in [0, 0.05) is 5.92 Å². The first-order chi connectivity index (χ1) is 7.75. The van der Waals surface area contributed by atoms with E-state index in [0.29, 0.717) is 5.92 Å². The summed E-state index contributed by atoms with van der Waals surface area (Å²) < 4.78 is 1.12. The molecule has 1 N–H and O–H groups in total. The van der Waals surface area contributed by atoms with Crippen LogP contribution in [0, 0.1) is 5.92 Å². The number of rotatable bonds is 2. The van der Waals surface area contributed by atoms with Crippen molar-refractivity contribution in [1.82, 2.24) is 10.3 Å². The van der Waals surface area contributed by atoms with Crippen LogP contribution >= 0.6 is 22.9 Å². The first-order valence-electron chi connectivity index (χ1n) is 5.51. The molecule has 84 valence electrons. The lowest BCUT2D eigenvalue weighted by atomic mass is 9.89. The van der Waals surface area contributed by atoms with Gasteiger partial charge in [-0.2, -0.15) is 0 Å². The molecule has 0 aliphatic carbocycles. The van der Waals surface area contributed by atoms with Gasteiger partial charge in [-0.15, -0.1) is 11.3 Å². The summed E-state index contributed by atoms with van der Waals surface area (Å²) in [6, 6.07) is 5.93. The lowest BCUT2D eigenvalue weighted by Crippen LogP contribution is -2.44. The minimum Gasteiger partial charge on any atom is -0.316 e. The first kappa shape index (κ1) is 10.5. The maximum Gasteiger partial charge on any atom is 0.0971 e. The predicted molar refractivity (Wildman–Crippen MR) is 69.4 cm³/mol. The SMILES string of the molecule is CC(c1nc2cccc(Cl)c2s1)C1CNC1. The van der Waals surface area contributed by atoms with Crippen LogP contribution in [0.4, 0.5) is 0 Å². The Morgan fingerprint density at radius 1 is 1.50 bits per heavy atom. The van der Waals surface area contributed by atoms with Crippen molar-refractivity contribution in [1.29, 1.82) is 0 Å². The van der Waals surface area contributed by atoms with Crippen molar-refractivity contribution in [3.05, 3.63) is 28.2 Å². The Morgan fingerprint density at radius 3 is 2.94 bits per heavy atom. The summed E-state index contributed by atoms with van der Waals surface area (Å²) in [5, 5.41) is 5.34. The van der Waals surface area contributed by atoms with Crippen LogP contribution in [-0.2, 0) is 0 Å². The highest BCUT2D eigenvalue weighted by atomic mass is 35.5. The van der Waals surface area contributed by atoms with E-state index < -0.39 is 0 Å². The summed E-state index contributed by atoms with van der Waals surface area (Å²) in [6.07, 6.45) is 0. The lowest BCUT2D eigenvalue weighted by Gasteiger charge is -2.31. The fourth-order valence-corrected chi connectivity index (χ4v) is 3.39. The normalized spacial score (nSPS) is 18.6. The molecule has 3 rings (SSSR count). The van der Waals surface area contributed by atoms with Crippen LogP contribution in [-0.4, -0.2) is 18.1 Å². The van der Waals surface area contributed by atoms with E-state index in [4.69, 9.17) is 11.6 Å². The molecule has 1 aromatic heterocycles. The van der Waals surface area contributed by atoms with Crippen molar-refractivity contribution in [2.24, 2.45) is 5.92 Å². The smallest absolute Gasteiger partial charge is 0.0971 e. The lowest BCUT2D eigenvalue weighted by molar-refractivity contribution is 0.303. The zero-order chi connectivity index (χ0) is 11.1. The van der Waals surface area contributed by atoms with Crippen molar-refractivity contribution < 1.29 is 0 Å². The highest BCUT2D eigenvalue weighted by Gasteiger charge is 2.27. The molecular formula is C12H13ClN2S. The summed E-state index contributed by atoms with van der Waals surface area (Å²) >= 11 is 7.90. The molecule has 0 amide bonds. The molecule has 2 aromatic rings. The minimum absolute atomic E-state index is 0.537. The standard InChI is InChI=1S/C12H13ClN2S/c1-7(8-5-14-6-8)12-15-10-4-2-3-9(13)11(10)16-12/h2-4,7-8,14H,5-6H2,1H3. The van der Waals surface area contributed by atoms with Gasteiger partial charge in [0.15, 0.2) is 0 Å². The average molecular weight is 253 g/mol. The molecule has 0 saturated carbocycles. The van der Waals surface area contributed by atoms with E-state index in [1.807, 2.05) is 18.2 Å². The predicted octanol–water partition coefficient (Wildman–Crippen LogP) is 3.27. The number of halogens is 1. The molecule has 1 aliphatic rings. The summed E-state index contributed by atoms with van der Waals surface area (Å²) in [6.45, 7) is 4.49. The maximum absolute atomic E-state index is 6.16. The highest BCUT2D eigenvalue weighted by Crippen LogP contribution is 2.35. The van der Waals surface area contributed by atoms with E-state index in [0.717, 1.165) is 34.2 Å². The minimum atomic E-state index is 0.537. The monoisotopic (exact) mass is 252 g/mol. The number of fused-ring (bicyclic) bond motifs is 1. The highest BCUT2D eigenvalue weighted by molar-refractivity contribution is 7.19. The Hall–Kier alpha value is -0.640. The van der Waals surface area contributed by atoms with Gasteiger partial charge in [0.2, 0.25) is 0 Å². The Labute approximate surface area is 104 Å². The molecule has 16 heavy (non-hydrogen) atoms. The number of nitrogens with one attached hydrogen (secondary N) is 1. The van der Waals surface area contributed by atoms with Gasteiger partial charge >= 0.3 is 0 Å². The van der Waals surface area contributed by atoms with Gasteiger partial charge in [0.25, 0.3) is 0 Å². The Morgan fingerprint density at radius 2 is 2.31 bits per heavy atom. The molecule has 1 saturated heterocycles. The number of thiazole rings is 1. The van der Waals surface area contributed by atoms with Crippen LogP contribution in [0.1, 0.15) is 17.8 Å². The first-order valence-corrected chi connectivity index (χ1v) is 6.71. The third kappa shape index (κ3) is 1.63.